The minimum atomic E-state index is -2.43. The molecule has 4 nitrogen and oxygen atoms in total. The van der Waals surface area contributed by atoms with Gasteiger partial charge in [0, 0.05) is 24.0 Å². The fraction of sp³-hybridized carbons (Fsp3) is 0.400. The molecule has 1 saturated heterocycles. The number of likely N-dealkylation sites (tertiary alicyclic amines) is 1. The number of nitrogens with one attached hydrogen (secondary N) is 1. The molecule has 2 aromatic rings. The fourth-order valence-electron chi connectivity index (χ4n) is 3.79. The summed E-state index contributed by atoms with van der Waals surface area (Å²) < 4.78 is 29.6. The van der Waals surface area contributed by atoms with Crippen molar-refractivity contribution in [1.29, 1.82) is 0 Å². The molecule has 2 heterocycles. The summed E-state index contributed by atoms with van der Waals surface area (Å²) in [4.78, 5) is 18.1. The van der Waals surface area contributed by atoms with Crippen molar-refractivity contribution < 1.29 is 13.6 Å². The second kappa shape index (κ2) is 8.84. The van der Waals surface area contributed by atoms with Crippen LogP contribution in [-0.2, 0) is 5.34 Å². The Balaban J connectivity index is 1.81. The van der Waals surface area contributed by atoms with Crippen LogP contribution in [0, 0.1) is 12.7 Å². The van der Waals surface area contributed by atoms with Crippen LogP contribution >= 0.6 is 11.6 Å². The lowest BCUT2D eigenvalue weighted by molar-refractivity contribution is 0.00906. The SMILES string of the molecule is [B]C([B])(NC([B])([B])C1(F)CCN(C(=O)c2ccc(F)c(Cl)c2)C([B])([B])C1)c1ccc(C)cn1. The summed E-state index contributed by atoms with van der Waals surface area (Å²) in [5.74, 6) is -1.36. The van der Waals surface area contributed by atoms with Gasteiger partial charge in [-0.2, -0.15) is 0 Å². The Morgan fingerprint density at radius 1 is 1.21 bits per heavy atom. The van der Waals surface area contributed by atoms with Gasteiger partial charge in [-0.05, 0) is 65.6 Å². The van der Waals surface area contributed by atoms with Gasteiger partial charge in [0.25, 0.3) is 5.91 Å². The molecule has 1 N–H and O–H groups in total. The highest BCUT2D eigenvalue weighted by molar-refractivity contribution is 6.45. The summed E-state index contributed by atoms with van der Waals surface area (Å²) in [6, 6.07) is 6.66. The normalized spacial score (nSPS) is 21.0. The fourth-order valence-corrected chi connectivity index (χ4v) is 3.97. The lowest BCUT2D eigenvalue weighted by Crippen LogP contribution is -2.73. The number of amides is 1. The summed E-state index contributed by atoms with van der Waals surface area (Å²) in [6.07, 6.45) is 0.529. The van der Waals surface area contributed by atoms with Crippen LogP contribution in [0.15, 0.2) is 36.5 Å². The van der Waals surface area contributed by atoms with E-state index in [4.69, 9.17) is 58.7 Å². The van der Waals surface area contributed by atoms with Crippen LogP contribution in [0.3, 0.4) is 0 Å². The third kappa shape index (κ3) is 5.22. The van der Waals surface area contributed by atoms with Crippen LogP contribution in [-0.4, -0.2) is 85.8 Å². The molecule has 0 saturated carbocycles. The lowest BCUT2D eigenvalue weighted by atomic mass is 9.43. The first-order valence-electron chi connectivity index (χ1n) is 10.00. The predicted octanol–water partition coefficient (Wildman–Crippen LogP) is 0.846. The van der Waals surface area contributed by atoms with E-state index < -0.39 is 39.8 Å². The minimum absolute atomic E-state index is 0.0336. The Kier molecular flexibility index (Phi) is 6.96. The van der Waals surface area contributed by atoms with E-state index in [1.165, 1.54) is 12.3 Å². The lowest BCUT2D eigenvalue weighted by Gasteiger charge is -2.56. The number of alkyl halides is 1. The zero-order chi connectivity index (χ0) is 24.8. The number of halogens is 3. The summed E-state index contributed by atoms with van der Waals surface area (Å²) in [5.41, 5.74) is -1.36. The predicted molar refractivity (Wildman–Crippen MR) is 129 cm³/mol. The molecule has 1 aromatic carbocycles. The molecular weight excluding hydrogens is 437 g/mol. The topological polar surface area (TPSA) is 45.2 Å². The second-order valence-electron chi connectivity index (χ2n) is 8.55. The van der Waals surface area contributed by atoms with Crippen molar-refractivity contribution in [2.24, 2.45) is 0 Å². The van der Waals surface area contributed by atoms with E-state index in [0.717, 1.165) is 22.6 Å². The van der Waals surface area contributed by atoms with Gasteiger partial charge in [0.1, 0.15) is 11.5 Å². The van der Waals surface area contributed by atoms with Crippen molar-refractivity contribution in [3.05, 3.63) is 64.2 Å². The number of aryl methyl sites for hydroxylation is 1. The number of hydrogen-bond donors (Lipinski definition) is 1. The van der Waals surface area contributed by atoms with Crippen molar-refractivity contribution >= 4 is 64.6 Å². The van der Waals surface area contributed by atoms with E-state index in [0.29, 0.717) is 0 Å². The minimum Gasteiger partial charge on any atom is -0.350 e. The van der Waals surface area contributed by atoms with Gasteiger partial charge in [-0.25, -0.2) is 8.78 Å². The van der Waals surface area contributed by atoms with Gasteiger partial charge in [0.15, 0.2) is 0 Å². The largest absolute Gasteiger partial charge is 0.350 e. The highest BCUT2D eigenvalue weighted by Gasteiger charge is 2.53. The maximum Gasteiger partial charge on any atom is 0.253 e. The number of benzene rings is 1. The zero-order valence-electron chi connectivity index (χ0n) is 18.0. The smallest absolute Gasteiger partial charge is 0.253 e. The molecule has 1 aliphatic rings. The Morgan fingerprint density at radius 3 is 2.42 bits per heavy atom. The molecular formula is C20H16B6ClF2N3O. The van der Waals surface area contributed by atoms with Gasteiger partial charge in [-0.3, -0.25) is 9.78 Å². The van der Waals surface area contributed by atoms with Crippen LogP contribution in [0.5, 0.6) is 0 Å². The summed E-state index contributed by atoms with van der Waals surface area (Å²) in [6.45, 7) is 1.57. The van der Waals surface area contributed by atoms with Gasteiger partial charge < -0.3 is 10.2 Å². The number of carbonyl (C=O) groups excluding carboxylic acids is 1. The van der Waals surface area contributed by atoms with Gasteiger partial charge in [-0.1, -0.05) is 17.7 Å². The number of nitrogens with zero attached hydrogens (tertiary/aromatic N) is 2. The number of piperidine rings is 1. The van der Waals surface area contributed by atoms with Gasteiger partial charge >= 0.3 is 0 Å². The Morgan fingerprint density at radius 2 is 1.88 bits per heavy atom. The first-order valence-corrected chi connectivity index (χ1v) is 10.4. The third-order valence-electron chi connectivity index (χ3n) is 5.70. The van der Waals surface area contributed by atoms with Crippen molar-refractivity contribution in [2.75, 3.05) is 6.54 Å². The van der Waals surface area contributed by atoms with Crippen molar-refractivity contribution in [2.45, 2.75) is 41.4 Å². The van der Waals surface area contributed by atoms with Crippen LogP contribution in [0.25, 0.3) is 0 Å². The van der Waals surface area contributed by atoms with Gasteiger partial charge in [0.2, 0.25) is 0 Å². The number of hydrogen-bond acceptors (Lipinski definition) is 3. The quantitative estimate of drug-likeness (QED) is 0.684. The van der Waals surface area contributed by atoms with E-state index in [2.05, 4.69) is 10.3 Å². The van der Waals surface area contributed by atoms with E-state index in [1.54, 1.807) is 12.1 Å². The second-order valence-corrected chi connectivity index (χ2v) is 8.96. The first kappa shape index (κ1) is 26.0. The van der Waals surface area contributed by atoms with Gasteiger partial charge in [-0.15, -0.1) is 0 Å². The molecule has 12 radical (unpaired) electrons. The Bertz CT molecular complexity index is 1060. The van der Waals surface area contributed by atoms with E-state index in [1.807, 2.05) is 6.92 Å². The maximum atomic E-state index is 16.1. The molecule has 33 heavy (non-hydrogen) atoms. The molecule has 0 bridgehead atoms. The third-order valence-corrected chi connectivity index (χ3v) is 5.99. The highest BCUT2D eigenvalue weighted by Crippen LogP contribution is 2.41. The average Bonchev–Trinajstić information content (AvgIpc) is 2.68. The summed E-state index contributed by atoms with van der Waals surface area (Å²) in [7, 11) is 36.6. The molecule has 0 aliphatic carbocycles. The van der Waals surface area contributed by atoms with Crippen molar-refractivity contribution in [3.63, 3.8) is 0 Å². The van der Waals surface area contributed by atoms with E-state index in [9.17, 15) is 9.18 Å². The summed E-state index contributed by atoms with van der Waals surface area (Å²) in [5, 5.41) is -3.94. The molecule has 1 amide bonds. The standard InChI is InChI=1S/C20H16B6ClF2N3O/c1-11-2-5-15(30-9-11)19(23,24)31-20(25,26)17(29)6-7-32(18(21,22)10-17)16(33)12-3-4-14(28)13(27)8-12/h2-5,8-9,31H,6-7,10H2,1H3. The number of aromatic nitrogens is 1. The summed E-state index contributed by atoms with van der Waals surface area (Å²) >= 11 is 5.76. The monoisotopic (exact) mass is 453 g/mol. The van der Waals surface area contributed by atoms with Crippen molar-refractivity contribution in [3.8, 4) is 0 Å². The van der Waals surface area contributed by atoms with Crippen LogP contribution in [0.4, 0.5) is 8.78 Å². The van der Waals surface area contributed by atoms with Crippen LogP contribution in [0.1, 0.15) is 34.5 Å². The number of rotatable bonds is 5. The van der Waals surface area contributed by atoms with Crippen LogP contribution < -0.4 is 5.32 Å². The highest BCUT2D eigenvalue weighted by atomic mass is 35.5. The maximum absolute atomic E-state index is 16.1. The van der Waals surface area contributed by atoms with Crippen molar-refractivity contribution in [1.82, 2.24) is 15.2 Å². The first-order chi connectivity index (χ1) is 15.1. The molecule has 1 unspecified atom stereocenters. The Labute approximate surface area is 205 Å². The van der Waals surface area contributed by atoms with E-state index >= 15 is 4.39 Å². The molecule has 0 spiro atoms. The van der Waals surface area contributed by atoms with E-state index in [-0.39, 0.29) is 29.2 Å². The molecule has 1 aromatic heterocycles. The number of carbonyl (C=O) groups is 1. The molecule has 3 rings (SSSR count). The molecule has 1 aliphatic heterocycles. The molecule has 156 valence electrons. The zero-order valence-corrected chi connectivity index (χ0v) is 18.7. The number of pyridine rings is 1. The van der Waals surface area contributed by atoms with Gasteiger partial charge in [0.05, 0.1) is 52.1 Å². The average molecular weight is 453 g/mol. The molecule has 1 fully saturated rings. The Hall–Kier alpha value is -1.66. The molecule has 13 heteroatoms. The van der Waals surface area contributed by atoms with Crippen LogP contribution in [0.2, 0.25) is 5.02 Å². The molecule has 1 atom stereocenters.